The fourth-order valence-corrected chi connectivity index (χ4v) is 4.80. The fourth-order valence-electron chi connectivity index (χ4n) is 4.06. The molecule has 0 spiro atoms. The summed E-state index contributed by atoms with van der Waals surface area (Å²) in [4.78, 5) is 34.4. The van der Waals surface area contributed by atoms with E-state index in [0.717, 1.165) is 23.7 Å². The Bertz CT molecular complexity index is 1250. The molecule has 4 aromatic rings. The van der Waals surface area contributed by atoms with Gasteiger partial charge in [0, 0.05) is 75.0 Å². The van der Waals surface area contributed by atoms with E-state index in [-0.39, 0.29) is 11.5 Å². The van der Waals surface area contributed by atoms with Gasteiger partial charge in [-0.05, 0) is 17.5 Å². The van der Waals surface area contributed by atoms with Crippen LogP contribution in [0.5, 0.6) is 0 Å². The van der Waals surface area contributed by atoms with Crippen molar-refractivity contribution in [3.05, 3.63) is 70.2 Å². The van der Waals surface area contributed by atoms with Crippen LogP contribution in [0.2, 0.25) is 0 Å². The Morgan fingerprint density at radius 1 is 1.07 bits per heavy atom. The zero-order valence-electron chi connectivity index (χ0n) is 16.6. The van der Waals surface area contributed by atoms with Gasteiger partial charge in [-0.15, -0.1) is 11.3 Å². The second-order valence-corrected chi connectivity index (χ2v) is 8.49. The molecule has 0 bridgehead atoms. The van der Waals surface area contributed by atoms with Crippen LogP contribution in [0.15, 0.2) is 59.0 Å². The molecule has 0 N–H and O–H groups in total. The van der Waals surface area contributed by atoms with Gasteiger partial charge in [-0.1, -0.05) is 18.2 Å². The normalized spacial score (nSPS) is 15.3. The van der Waals surface area contributed by atoms with Crippen molar-refractivity contribution in [2.24, 2.45) is 0 Å². The molecule has 1 saturated heterocycles. The molecule has 0 atom stereocenters. The van der Waals surface area contributed by atoms with Gasteiger partial charge in [-0.25, -0.2) is 4.98 Å². The molecule has 3 aromatic heterocycles. The Hall–Kier alpha value is -2.97. The molecular formula is C22H23N5O2S. The number of fused-ring (bicyclic) bond motifs is 2. The Labute approximate surface area is 177 Å². The molecule has 0 unspecified atom stereocenters. The van der Waals surface area contributed by atoms with Gasteiger partial charge >= 0.3 is 0 Å². The van der Waals surface area contributed by atoms with E-state index in [4.69, 9.17) is 0 Å². The van der Waals surface area contributed by atoms with Crippen molar-refractivity contribution in [1.82, 2.24) is 23.8 Å². The number of benzene rings is 1. The number of aromatic nitrogens is 3. The van der Waals surface area contributed by atoms with Crippen LogP contribution in [0.3, 0.4) is 0 Å². The maximum absolute atomic E-state index is 12.7. The van der Waals surface area contributed by atoms with Gasteiger partial charge in [0.05, 0.1) is 5.69 Å². The topological polar surface area (TPSA) is 62.9 Å². The summed E-state index contributed by atoms with van der Waals surface area (Å²) in [6.07, 6.45) is 4.31. The number of para-hydroxylation sites is 1. The van der Waals surface area contributed by atoms with Crippen molar-refractivity contribution in [3.63, 3.8) is 0 Å². The number of hydrogen-bond donors (Lipinski definition) is 0. The fraction of sp³-hybridized carbons (Fsp3) is 0.318. The molecule has 1 amide bonds. The lowest BCUT2D eigenvalue weighted by Gasteiger charge is -2.34. The average Bonchev–Trinajstić information content (AvgIpc) is 3.40. The molecule has 0 radical (unpaired) electrons. The summed E-state index contributed by atoms with van der Waals surface area (Å²) in [7, 11) is 0. The first-order valence-corrected chi connectivity index (χ1v) is 11.1. The molecule has 0 aliphatic carbocycles. The summed E-state index contributed by atoms with van der Waals surface area (Å²) in [6, 6.07) is 11.9. The lowest BCUT2D eigenvalue weighted by atomic mass is 10.2. The van der Waals surface area contributed by atoms with Crippen molar-refractivity contribution in [2.45, 2.75) is 19.5 Å². The highest BCUT2D eigenvalue weighted by Gasteiger charge is 2.21. The van der Waals surface area contributed by atoms with Crippen LogP contribution in [-0.2, 0) is 17.9 Å². The zero-order valence-corrected chi connectivity index (χ0v) is 17.4. The molecule has 30 heavy (non-hydrogen) atoms. The number of carbonyl (C=O) groups excluding carboxylic acids is 1. The van der Waals surface area contributed by atoms with Crippen molar-refractivity contribution in [3.8, 4) is 0 Å². The predicted molar refractivity (Wildman–Crippen MR) is 118 cm³/mol. The monoisotopic (exact) mass is 421 g/mol. The molecular weight excluding hydrogens is 398 g/mol. The minimum atomic E-state index is -0.0393. The largest absolute Gasteiger partial charge is 0.347 e. The number of carbonyl (C=O) groups is 1. The number of nitrogens with zero attached hydrogens (tertiary/aromatic N) is 5. The summed E-state index contributed by atoms with van der Waals surface area (Å²) >= 11 is 1.47. The zero-order chi connectivity index (χ0) is 20.5. The average molecular weight is 422 g/mol. The van der Waals surface area contributed by atoms with E-state index >= 15 is 0 Å². The molecule has 154 valence electrons. The van der Waals surface area contributed by atoms with Gasteiger partial charge in [0.1, 0.15) is 0 Å². The molecule has 1 aromatic carbocycles. The summed E-state index contributed by atoms with van der Waals surface area (Å²) in [5.41, 5.74) is 1.92. The summed E-state index contributed by atoms with van der Waals surface area (Å²) < 4.78 is 3.72. The smallest absolute Gasteiger partial charge is 0.258 e. The second kappa shape index (κ2) is 8.04. The highest BCUT2D eigenvalue weighted by atomic mass is 32.1. The van der Waals surface area contributed by atoms with Crippen LogP contribution < -0.4 is 5.56 Å². The number of thiazole rings is 1. The van der Waals surface area contributed by atoms with Crippen LogP contribution in [-0.4, -0.2) is 55.8 Å². The van der Waals surface area contributed by atoms with Crippen molar-refractivity contribution >= 4 is 33.1 Å². The highest BCUT2D eigenvalue weighted by Crippen LogP contribution is 2.16. The molecule has 1 aliphatic rings. The third kappa shape index (κ3) is 3.76. The summed E-state index contributed by atoms with van der Waals surface area (Å²) in [5.74, 6) is 0.198. The van der Waals surface area contributed by atoms with E-state index < -0.39 is 0 Å². The third-order valence-electron chi connectivity index (χ3n) is 5.71. The minimum absolute atomic E-state index is 0.0393. The first-order valence-electron chi connectivity index (χ1n) is 10.2. The van der Waals surface area contributed by atoms with Crippen molar-refractivity contribution in [1.29, 1.82) is 0 Å². The molecule has 8 heteroatoms. The maximum Gasteiger partial charge on any atom is 0.258 e. The molecule has 4 heterocycles. The van der Waals surface area contributed by atoms with Crippen LogP contribution in [0.1, 0.15) is 12.1 Å². The van der Waals surface area contributed by atoms with Crippen LogP contribution in [0, 0.1) is 0 Å². The van der Waals surface area contributed by atoms with E-state index in [1.54, 1.807) is 16.7 Å². The summed E-state index contributed by atoms with van der Waals surface area (Å²) in [6.45, 7) is 4.35. The lowest BCUT2D eigenvalue weighted by Crippen LogP contribution is -2.48. The first-order chi connectivity index (χ1) is 14.7. The first kappa shape index (κ1) is 19.0. The van der Waals surface area contributed by atoms with E-state index in [1.165, 1.54) is 22.2 Å². The Morgan fingerprint density at radius 2 is 1.90 bits per heavy atom. The van der Waals surface area contributed by atoms with Gasteiger partial charge in [0.2, 0.25) is 5.91 Å². The third-order valence-corrected chi connectivity index (χ3v) is 6.47. The standard InChI is InChI=1S/C22H23N5O2S/c28-20(6-8-25-7-5-17-3-1-2-4-19(17)25)26-11-9-24(10-12-26)16-18-15-21(29)27-13-14-30-22(27)23-18/h1-5,7,13-15H,6,8-12,16H2. The Balaban J connectivity index is 1.15. The Kier molecular flexibility index (Phi) is 5.10. The molecule has 7 nitrogen and oxygen atoms in total. The van der Waals surface area contributed by atoms with E-state index in [0.29, 0.717) is 32.6 Å². The number of aryl methyl sites for hydroxylation is 1. The lowest BCUT2D eigenvalue weighted by molar-refractivity contribution is -0.133. The predicted octanol–water partition coefficient (Wildman–Crippen LogP) is 2.45. The van der Waals surface area contributed by atoms with E-state index in [2.05, 4.69) is 38.8 Å². The molecule has 0 saturated carbocycles. The van der Waals surface area contributed by atoms with Crippen LogP contribution in [0.25, 0.3) is 15.9 Å². The van der Waals surface area contributed by atoms with Crippen molar-refractivity contribution in [2.75, 3.05) is 26.2 Å². The maximum atomic E-state index is 12.7. The SMILES string of the molecule is O=C(CCn1ccc2ccccc21)N1CCN(Cc2cc(=O)n3ccsc3n2)CC1. The molecule has 1 fully saturated rings. The second-order valence-electron chi connectivity index (χ2n) is 7.62. The minimum Gasteiger partial charge on any atom is -0.347 e. The van der Waals surface area contributed by atoms with Gasteiger partial charge < -0.3 is 9.47 Å². The number of amides is 1. The van der Waals surface area contributed by atoms with Crippen LogP contribution >= 0.6 is 11.3 Å². The number of rotatable bonds is 5. The highest BCUT2D eigenvalue weighted by molar-refractivity contribution is 7.15. The van der Waals surface area contributed by atoms with Crippen LogP contribution in [0.4, 0.5) is 0 Å². The summed E-state index contributed by atoms with van der Waals surface area (Å²) in [5, 5.41) is 3.07. The van der Waals surface area contributed by atoms with Crippen molar-refractivity contribution < 1.29 is 4.79 Å². The molecule has 5 rings (SSSR count). The molecule has 1 aliphatic heterocycles. The quantitative estimate of drug-likeness (QED) is 0.497. The van der Waals surface area contributed by atoms with Gasteiger partial charge in [0.15, 0.2) is 4.96 Å². The van der Waals surface area contributed by atoms with E-state index in [9.17, 15) is 9.59 Å². The number of piperazine rings is 1. The van der Waals surface area contributed by atoms with Gasteiger partial charge in [-0.2, -0.15) is 0 Å². The van der Waals surface area contributed by atoms with Gasteiger partial charge in [-0.3, -0.25) is 18.9 Å². The number of hydrogen-bond acceptors (Lipinski definition) is 5. The van der Waals surface area contributed by atoms with Gasteiger partial charge in [0.25, 0.3) is 5.56 Å². The Morgan fingerprint density at radius 3 is 2.77 bits per heavy atom. The van der Waals surface area contributed by atoms with E-state index in [1.807, 2.05) is 22.4 Å².